The van der Waals surface area contributed by atoms with E-state index in [4.69, 9.17) is 9.16 Å². The Hall–Kier alpha value is 0.137. The maximum Gasteiger partial charge on any atom is 0.192 e. The summed E-state index contributed by atoms with van der Waals surface area (Å²) in [6, 6.07) is 4.04. The molecule has 0 N–H and O–H groups in total. The summed E-state index contributed by atoms with van der Waals surface area (Å²) in [6.45, 7) is 4.69. The Morgan fingerprint density at radius 2 is 1.82 bits per heavy atom. The van der Waals surface area contributed by atoms with Crippen LogP contribution < -0.4 is 0 Å². The monoisotopic (exact) mass is 254 g/mol. The summed E-state index contributed by atoms with van der Waals surface area (Å²) in [6.07, 6.45) is 8.49. The van der Waals surface area contributed by atoms with Crippen LogP contribution in [0.25, 0.3) is 0 Å². The van der Waals surface area contributed by atoms with E-state index in [2.05, 4.69) is 13.8 Å². The number of ether oxygens (including phenoxy) is 1. The molecule has 3 heteroatoms. The van der Waals surface area contributed by atoms with E-state index in [0.717, 1.165) is 5.92 Å². The average molecular weight is 254 g/mol. The lowest BCUT2D eigenvalue weighted by molar-refractivity contribution is 0.0787. The Morgan fingerprint density at radius 1 is 1.00 bits per heavy atom. The number of rotatable bonds is 3. The van der Waals surface area contributed by atoms with Crippen molar-refractivity contribution in [1.29, 1.82) is 0 Å². The molecule has 0 bridgehead atoms. The van der Waals surface area contributed by atoms with Crippen molar-refractivity contribution in [2.45, 2.75) is 82.4 Å². The van der Waals surface area contributed by atoms with Crippen molar-refractivity contribution in [3.05, 3.63) is 0 Å². The summed E-state index contributed by atoms with van der Waals surface area (Å²) in [5.41, 5.74) is 0. The van der Waals surface area contributed by atoms with Crippen molar-refractivity contribution in [2.75, 3.05) is 0 Å². The summed E-state index contributed by atoms with van der Waals surface area (Å²) in [5, 5.41) is 0. The molecule has 2 nitrogen and oxygen atoms in total. The van der Waals surface area contributed by atoms with Gasteiger partial charge in [-0.05, 0) is 49.7 Å². The summed E-state index contributed by atoms with van der Waals surface area (Å²) in [5.74, 6) is 0.809. The molecular weight excluding hydrogens is 228 g/mol. The van der Waals surface area contributed by atoms with E-state index < -0.39 is 8.32 Å². The van der Waals surface area contributed by atoms with Gasteiger partial charge in [0.1, 0.15) is 0 Å². The molecule has 3 fully saturated rings. The highest BCUT2D eigenvalue weighted by atomic mass is 28.4. The van der Waals surface area contributed by atoms with Gasteiger partial charge in [-0.25, -0.2) is 0 Å². The second kappa shape index (κ2) is 4.67. The predicted octanol–water partition coefficient (Wildman–Crippen LogP) is 3.72. The van der Waals surface area contributed by atoms with Crippen LogP contribution in [0.3, 0.4) is 0 Å². The number of epoxide rings is 1. The largest absolute Gasteiger partial charge is 0.414 e. The van der Waals surface area contributed by atoms with E-state index in [9.17, 15) is 0 Å². The van der Waals surface area contributed by atoms with Crippen LogP contribution in [0, 0.1) is 5.92 Å². The molecule has 3 rings (SSSR count). The first-order valence-corrected chi connectivity index (χ1v) is 10.1. The summed E-state index contributed by atoms with van der Waals surface area (Å²) in [4.78, 5) is 0. The van der Waals surface area contributed by atoms with Gasteiger partial charge >= 0.3 is 0 Å². The lowest BCUT2D eigenvalue weighted by Crippen LogP contribution is -2.47. The van der Waals surface area contributed by atoms with Crippen molar-refractivity contribution in [3.8, 4) is 0 Å². The van der Waals surface area contributed by atoms with Crippen molar-refractivity contribution >= 4 is 8.32 Å². The normalized spacial score (nSPS) is 44.1. The van der Waals surface area contributed by atoms with Gasteiger partial charge in [-0.1, -0.05) is 20.3 Å². The molecule has 17 heavy (non-hydrogen) atoms. The predicted molar refractivity (Wildman–Crippen MR) is 71.6 cm³/mol. The van der Waals surface area contributed by atoms with Crippen LogP contribution in [0.4, 0.5) is 0 Å². The Kier molecular flexibility index (Phi) is 3.35. The molecular formula is C14H26O2Si. The Bertz CT molecular complexity index is 277. The van der Waals surface area contributed by atoms with E-state index in [1.165, 1.54) is 50.2 Å². The maximum absolute atomic E-state index is 6.66. The lowest BCUT2D eigenvalue weighted by Gasteiger charge is -2.42. The molecule has 0 amide bonds. The smallest absolute Gasteiger partial charge is 0.192 e. The molecule has 0 radical (unpaired) electrons. The van der Waals surface area contributed by atoms with Crippen molar-refractivity contribution < 1.29 is 9.16 Å². The van der Waals surface area contributed by atoms with E-state index in [1.807, 2.05) is 0 Å². The minimum absolute atomic E-state index is 0.584. The molecule has 2 saturated heterocycles. The van der Waals surface area contributed by atoms with Crippen molar-refractivity contribution in [3.63, 3.8) is 0 Å². The Balaban J connectivity index is 1.62. The summed E-state index contributed by atoms with van der Waals surface area (Å²) >= 11 is 0. The molecule has 98 valence electrons. The minimum atomic E-state index is -1.33. The van der Waals surface area contributed by atoms with Crippen LogP contribution in [-0.2, 0) is 9.16 Å². The molecule has 2 heterocycles. The highest BCUT2D eigenvalue weighted by Crippen LogP contribution is 2.44. The Morgan fingerprint density at radius 3 is 2.53 bits per heavy atom. The van der Waals surface area contributed by atoms with Gasteiger partial charge in [-0.15, -0.1) is 0 Å². The van der Waals surface area contributed by atoms with Gasteiger partial charge in [0, 0.05) is 6.10 Å². The average Bonchev–Trinajstić information content (AvgIpc) is 3.17. The van der Waals surface area contributed by atoms with Crippen LogP contribution in [0.2, 0.25) is 18.1 Å². The summed E-state index contributed by atoms with van der Waals surface area (Å²) in [7, 11) is -1.33. The Labute approximate surface area is 106 Å². The zero-order valence-electron chi connectivity index (χ0n) is 11.3. The van der Waals surface area contributed by atoms with E-state index in [1.54, 1.807) is 0 Å². The highest BCUT2D eigenvalue weighted by molar-refractivity contribution is 6.73. The van der Waals surface area contributed by atoms with Crippen LogP contribution in [0.5, 0.6) is 0 Å². The number of fused-ring (bicyclic) bond motifs is 1. The highest BCUT2D eigenvalue weighted by Gasteiger charge is 2.48. The first-order valence-electron chi connectivity index (χ1n) is 7.59. The van der Waals surface area contributed by atoms with E-state index in [0.29, 0.717) is 18.3 Å². The third-order valence-electron chi connectivity index (χ3n) is 5.38. The van der Waals surface area contributed by atoms with Gasteiger partial charge < -0.3 is 9.16 Å². The van der Waals surface area contributed by atoms with Gasteiger partial charge in [0.15, 0.2) is 8.32 Å². The van der Waals surface area contributed by atoms with Gasteiger partial charge in [0.05, 0.1) is 12.2 Å². The molecule has 0 aromatic heterocycles. The third-order valence-corrected chi connectivity index (χ3v) is 10.0. The fourth-order valence-electron chi connectivity index (χ4n) is 3.94. The molecule has 2 aliphatic heterocycles. The van der Waals surface area contributed by atoms with Gasteiger partial charge in [-0.2, -0.15) is 0 Å². The molecule has 3 aliphatic rings. The topological polar surface area (TPSA) is 21.8 Å². The third kappa shape index (κ3) is 2.34. The van der Waals surface area contributed by atoms with Gasteiger partial charge in [0.25, 0.3) is 0 Å². The molecule has 4 unspecified atom stereocenters. The van der Waals surface area contributed by atoms with Crippen LogP contribution in [0.1, 0.15) is 46.0 Å². The zero-order chi connectivity index (χ0) is 11.9. The summed E-state index contributed by atoms with van der Waals surface area (Å²) < 4.78 is 12.3. The van der Waals surface area contributed by atoms with Gasteiger partial charge in [-0.3, -0.25) is 0 Å². The quantitative estimate of drug-likeness (QED) is 0.565. The SMILES string of the molecule is CC[Si]1(CC)CCCC(C2CCC3OC3C2)O1. The second-order valence-corrected chi connectivity index (χ2v) is 10.7. The molecule has 0 spiro atoms. The first-order chi connectivity index (χ1) is 8.26. The van der Waals surface area contributed by atoms with Crippen LogP contribution in [0.15, 0.2) is 0 Å². The van der Waals surface area contributed by atoms with E-state index >= 15 is 0 Å². The van der Waals surface area contributed by atoms with E-state index in [-0.39, 0.29) is 0 Å². The standard InChI is InChI=1S/C14H26O2Si/c1-3-17(4-2)9-5-6-12(16-17)11-7-8-13-14(10-11)15-13/h11-14H,3-10H2,1-2H3. The minimum Gasteiger partial charge on any atom is -0.414 e. The fourth-order valence-corrected chi connectivity index (χ4v) is 7.40. The van der Waals surface area contributed by atoms with Gasteiger partial charge in [0.2, 0.25) is 0 Å². The number of hydrogen-bond donors (Lipinski definition) is 0. The number of hydrogen-bond acceptors (Lipinski definition) is 2. The lowest BCUT2D eigenvalue weighted by atomic mass is 9.84. The first kappa shape index (κ1) is 12.2. The maximum atomic E-state index is 6.66. The van der Waals surface area contributed by atoms with Crippen LogP contribution >= 0.6 is 0 Å². The molecule has 0 aromatic rings. The molecule has 1 saturated carbocycles. The second-order valence-electron chi connectivity index (χ2n) is 6.22. The fraction of sp³-hybridized carbons (Fsp3) is 1.00. The van der Waals surface area contributed by atoms with Crippen molar-refractivity contribution in [2.24, 2.45) is 5.92 Å². The molecule has 0 aromatic carbocycles. The van der Waals surface area contributed by atoms with Crippen molar-refractivity contribution in [1.82, 2.24) is 0 Å². The molecule has 1 aliphatic carbocycles. The zero-order valence-corrected chi connectivity index (χ0v) is 12.3. The van der Waals surface area contributed by atoms with Crippen LogP contribution in [-0.4, -0.2) is 26.6 Å². The molecule has 4 atom stereocenters.